The molecule has 19 heavy (non-hydrogen) atoms. The zero-order valence-electron chi connectivity index (χ0n) is 12.1. The van der Waals surface area contributed by atoms with E-state index in [1.807, 2.05) is 19.4 Å². The van der Waals surface area contributed by atoms with Crippen molar-refractivity contribution in [3.8, 4) is 0 Å². The van der Waals surface area contributed by atoms with Gasteiger partial charge in [-0.2, -0.15) is 0 Å². The molecule has 0 aliphatic carbocycles. The lowest BCUT2D eigenvalue weighted by atomic mass is 10.3. The first kappa shape index (κ1) is 15.8. The first-order chi connectivity index (χ1) is 9.31. The lowest BCUT2D eigenvalue weighted by Crippen LogP contribution is -2.30. The van der Waals surface area contributed by atoms with E-state index in [9.17, 15) is 0 Å². The summed E-state index contributed by atoms with van der Waals surface area (Å²) in [7, 11) is 5.32. The number of hydrogen-bond acceptors (Lipinski definition) is 6. The van der Waals surface area contributed by atoms with Crippen LogP contribution in [0.3, 0.4) is 0 Å². The van der Waals surface area contributed by atoms with Crippen LogP contribution in [0, 0.1) is 0 Å². The maximum absolute atomic E-state index is 5.12. The predicted molar refractivity (Wildman–Crippen MR) is 75.4 cm³/mol. The van der Waals surface area contributed by atoms with Gasteiger partial charge >= 0.3 is 0 Å². The van der Waals surface area contributed by atoms with Crippen molar-refractivity contribution in [1.82, 2.24) is 15.3 Å². The second-order valence-electron chi connectivity index (χ2n) is 4.25. The molecule has 0 unspecified atom stereocenters. The molecule has 1 aromatic rings. The quantitative estimate of drug-likeness (QED) is 0.630. The Balaban J connectivity index is 2.60. The lowest BCUT2D eigenvalue weighted by molar-refractivity contribution is 0.190. The summed E-state index contributed by atoms with van der Waals surface area (Å²) < 4.78 is 10.2. The Kier molecular flexibility index (Phi) is 8.04. The second-order valence-corrected chi connectivity index (χ2v) is 4.25. The molecular weight excluding hydrogens is 244 g/mol. The highest BCUT2D eigenvalue weighted by Gasteiger charge is 2.09. The SMILES string of the molecule is CNCc1cnc(N(CCCOC)CCOC)nc1. The Morgan fingerprint density at radius 2 is 1.79 bits per heavy atom. The maximum Gasteiger partial charge on any atom is 0.225 e. The number of nitrogens with one attached hydrogen (secondary N) is 1. The van der Waals surface area contributed by atoms with E-state index in [1.54, 1.807) is 14.2 Å². The van der Waals surface area contributed by atoms with Gasteiger partial charge in [-0.3, -0.25) is 0 Å². The van der Waals surface area contributed by atoms with Gasteiger partial charge in [-0.25, -0.2) is 9.97 Å². The second kappa shape index (κ2) is 9.66. The number of nitrogens with zero attached hydrogens (tertiary/aromatic N) is 3. The molecule has 0 aliphatic heterocycles. The number of ether oxygens (including phenoxy) is 2. The largest absolute Gasteiger partial charge is 0.385 e. The lowest BCUT2D eigenvalue weighted by Gasteiger charge is -2.22. The molecule has 0 aliphatic rings. The summed E-state index contributed by atoms with van der Waals surface area (Å²) >= 11 is 0. The van der Waals surface area contributed by atoms with Gasteiger partial charge in [0, 0.05) is 58.4 Å². The van der Waals surface area contributed by atoms with Crippen LogP contribution in [0.5, 0.6) is 0 Å². The molecule has 0 aromatic carbocycles. The van der Waals surface area contributed by atoms with E-state index in [-0.39, 0.29) is 0 Å². The number of anilines is 1. The fourth-order valence-electron chi connectivity index (χ4n) is 1.72. The van der Waals surface area contributed by atoms with Crippen LogP contribution in [0.1, 0.15) is 12.0 Å². The third kappa shape index (κ3) is 5.96. The molecular formula is C13H24N4O2. The summed E-state index contributed by atoms with van der Waals surface area (Å²) in [6, 6.07) is 0. The molecule has 1 aromatic heterocycles. The number of hydrogen-bond donors (Lipinski definition) is 1. The molecule has 1 N–H and O–H groups in total. The van der Waals surface area contributed by atoms with Crippen LogP contribution in [-0.4, -0.2) is 57.5 Å². The third-order valence-electron chi connectivity index (χ3n) is 2.70. The molecule has 0 bridgehead atoms. The van der Waals surface area contributed by atoms with Gasteiger partial charge in [0.1, 0.15) is 0 Å². The average molecular weight is 268 g/mol. The summed E-state index contributed by atoms with van der Waals surface area (Å²) in [4.78, 5) is 10.9. The summed E-state index contributed by atoms with van der Waals surface area (Å²) in [5, 5.41) is 3.08. The molecule has 0 amide bonds. The Morgan fingerprint density at radius 1 is 1.11 bits per heavy atom. The monoisotopic (exact) mass is 268 g/mol. The first-order valence-corrected chi connectivity index (χ1v) is 6.50. The van der Waals surface area contributed by atoms with E-state index in [0.717, 1.165) is 44.2 Å². The maximum atomic E-state index is 5.12. The van der Waals surface area contributed by atoms with Crippen LogP contribution in [0.2, 0.25) is 0 Å². The van der Waals surface area contributed by atoms with Crippen LogP contribution in [0.15, 0.2) is 12.4 Å². The van der Waals surface area contributed by atoms with Gasteiger partial charge in [-0.05, 0) is 13.5 Å². The van der Waals surface area contributed by atoms with Crippen molar-refractivity contribution in [1.29, 1.82) is 0 Å². The first-order valence-electron chi connectivity index (χ1n) is 6.50. The van der Waals surface area contributed by atoms with E-state index >= 15 is 0 Å². The number of rotatable bonds is 10. The Labute approximate surface area is 115 Å². The summed E-state index contributed by atoms with van der Waals surface area (Å²) in [5.41, 5.74) is 1.08. The molecule has 1 heterocycles. The van der Waals surface area contributed by atoms with Gasteiger partial charge < -0.3 is 19.7 Å². The van der Waals surface area contributed by atoms with Crippen LogP contribution in [-0.2, 0) is 16.0 Å². The van der Waals surface area contributed by atoms with Crippen molar-refractivity contribution >= 4 is 5.95 Å². The highest BCUT2D eigenvalue weighted by Crippen LogP contribution is 2.08. The zero-order valence-corrected chi connectivity index (χ0v) is 12.1. The van der Waals surface area contributed by atoms with Crippen LogP contribution >= 0.6 is 0 Å². The van der Waals surface area contributed by atoms with Crippen molar-refractivity contribution in [2.24, 2.45) is 0 Å². The smallest absolute Gasteiger partial charge is 0.225 e. The fraction of sp³-hybridized carbons (Fsp3) is 0.692. The summed E-state index contributed by atoms with van der Waals surface area (Å²) in [6.07, 6.45) is 4.66. The molecule has 0 radical (unpaired) electrons. The van der Waals surface area contributed by atoms with Crippen molar-refractivity contribution in [2.45, 2.75) is 13.0 Å². The van der Waals surface area contributed by atoms with Gasteiger partial charge in [0.25, 0.3) is 0 Å². The molecule has 108 valence electrons. The number of methoxy groups -OCH3 is 2. The Morgan fingerprint density at radius 3 is 2.37 bits per heavy atom. The number of aromatic nitrogens is 2. The highest BCUT2D eigenvalue weighted by molar-refractivity contribution is 5.29. The molecule has 1 rings (SSSR count). The highest BCUT2D eigenvalue weighted by atomic mass is 16.5. The summed E-state index contributed by atoms with van der Waals surface area (Å²) in [5.74, 6) is 0.744. The van der Waals surface area contributed by atoms with Gasteiger partial charge in [0.2, 0.25) is 5.95 Å². The van der Waals surface area contributed by atoms with Gasteiger partial charge in [-0.1, -0.05) is 0 Å². The third-order valence-corrected chi connectivity index (χ3v) is 2.70. The van der Waals surface area contributed by atoms with Crippen LogP contribution in [0.4, 0.5) is 5.95 Å². The van der Waals surface area contributed by atoms with E-state index < -0.39 is 0 Å². The topological polar surface area (TPSA) is 59.5 Å². The van der Waals surface area contributed by atoms with Crippen molar-refractivity contribution < 1.29 is 9.47 Å². The molecule has 6 nitrogen and oxygen atoms in total. The fourth-order valence-corrected chi connectivity index (χ4v) is 1.72. The average Bonchev–Trinajstić information content (AvgIpc) is 2.44. The molecule has 0 saturated heterocycles. The van der Waals surface area contributed by atoms with Crippen LogP contribution in [0.25, 0.3) is 0 Å². The Bertz CT molecular complexity index is 332. The molecule has 0 atom stereocenters. The molecule has 0 spiro atoms. The normalized spacial score (nSPS) is 10.7. The minimum Gasteiger partial charge on any atom is -0.385 e. The van der Waals surface area contributed by atoms with Crippen LogP contribution < -0.4 is 10.2 Å². The van der Waals surface area contributed by atoms with Crippen molar-refractivity contribution in [3.05, 3.63) is 18.0 Å². The van der Waals surface area contributed by atoms with Gasteiger partial charge in [0.15, 0.2) is 0 Å². The predicted octanol–water partition coefficient (Wildman–Crippen LogP) is 0.685. The molecule has 0 saturated carbocycles. The standard InChI is InChI=1S/C13H24N4O2/c1-14-9-12-10-15-13(16-11-12)17(6-8-19-3)5-4-7-18-2/h10-11,14H,4-9H2,1-3H3. The van der Waals surface area contributed by atoms with Crippen molar-refractivity contribution in [3.63, 3.8) is 0 Å². The molecule has 0 fully saturated rings. The minimum absolute atomic E-state index is 0.661. The van der Waals surface area contributed by atoms with E-state index in [2.05, 4.69) is 20.2 Å². The van der Waals surface area contributed by atoms with E-state index in [4.69, 9.17) is 9.47 Å². The Hall–Kier alpha value is -1.24. The van der Waals surface area contributed by atoms with E-state index in [1.165, 1.54) is 0 Å². The van der Waals surface area contributed by atoms with Gasteiger partial charge in [0.05, 0.1) is 6.61 Å². The van der Waals surface area contributed by atoms with Gasteiger partial charge in [-0.15, -0.1) is 0 Å². The zero-order chi connectivity index (χ0) is 13.9. The minimum atomic E-state index is 0.661. The molecule has 6 heteroatoms. The van der Waals surface area contributed by atoms with E-state index in [0.29, 0.717) is 6.61 Å². The van der Waals surface area contributed by atoms with Crippen molar-refractivity contribution in [2.75, 3.05) is 52.5 Å². The summed E-state index contributed by atoms with van der Waals surface area (Å²) in [6.45, 7) is 3.83.